The van der Waals surface area contributed by atoms with Gasteiger partial charge in [0.15, 0.2) is 0 Å². The van der Waals surface area contributed by atoms with Gasteiger partial charge in [-0.2, -0.15) is 0 Å². The van der Waals surface area contributed by atoms with Gasteiger partial charge >= 0.3 is 5.97 Å². The molecule has 0 spiro atoms. The molecule has 0 aromatic heterocycles. The minimum absolute atomic E-state index is 0.0788. The van der Waals surface area contributed by atoms with Crippen LogP contribution in [0.15, 0.2) is 103 Å². The van der Waals surface area contributed by atoms with E-state index >= 15 is 0 Å². The van der Waals surface area contributed by atoms with Crippen LogP contribution in [0.25, 0.3) is 12.2 Å². The second-order valence-corrected chi connectivity index (χ2v) is 8.08. The van der Waals surface area contributed by atoms with E-state index in [-0.39, 0.29) is 11.5 Å². The summed E-state index contributed by atoms with van der Waals surface area (Å²) in [6.45, 7) is 0. The summed E-state index contributed by atoms with van der Waals surface area (Å²) in [7, 11) is 1.77. The normalized spacial score (nSPS) is 10.9. The van der Waals surface area contributed by atoms with Gasteiger partial charge in [-0.3, -0.25) is 4.79 Å². The molecule has 4 rings (SSSR count). The smallest absolute Gasteiger partial charge is 0.335 e. The number of carboxylic acid groups (broad SMARTS) is 1. The number of amides is 1. The Hall–Kier alpha value is -4.44. The Morgan fingerprint density at radius 1 is 0.676 bits per heavy atom. The van der Waals surface area contributed by atoms with Crippen LogP contribution in [0.4, 0.5) is 5.69 Å². The van der Waals surface area contributed by atoms with E-state index in [0.717, 1.165) is 27.9 Å². The van der Waals surface area contributed by atoms with Gasteiger partial charge in [-0.15, -0.1) is 0 Å². The minimum Gasteiger partial charge on any atom is -0.478 e. The van der Waals surface area contributed by atoms with E-state index in [2.05, 4.69) is 24.3 Å². The zero-order chi connectivity index (χ0) is 23.9. The van der Waals surface area contributed by atoms with Crippen molar-refractivity contribution in [1.82, 2.24) is 0 Å². The molecule has 0 aliphatic rings. The second kappa shape index (κ2) is 10.5. The van der Waals surface area contributed by atoms with Crippen LogP contribution in [0.5, 0.6) is 0 Å². The maximum atomic E-state index is 13.0. The van der Waals surface area contributed by atoms with Gasteiger partial charge in [0.05, 0.1) is 5.56 Å². The van der Waals surface area contributed by atoms with Crippen molar-refractivity contribution < 1.29 is 14.7 Å². The van der Waals surface area contributed by atoms with Crippen LogP contribution in [0, 0.1) is 0 Å². The van der Waals surface area contributed by atoms with E-state index in [1.807, 2.05) is 78.9 Å². The number of hydrogen-bond acceptors (Lipinski definition) is 2. The summed E-state index contributed by atoms with van der Waals surface area (Å²) in [6, 6.07) is 32.4. The van der Waals surface area contributed by atoms with Gasteiger partial charge in [-0.1, -0.05) is 78.9 Å². The zero-order valence-corrected chi connectivity index (χ0v) is 18.9. The summed E-state index contributed by atoms with van der Waals surface area (Å²) in [4.78, 5) is 25.6. The molecule has 4 aromatic rings. The first kappa shape index (κ1) is 22.7. The molecule has 0 radical (unpaired) electrons. The number of anilines is 1. The number of benzene rings is 4. The van der Waals surface area contributed by atoms with E-state index in [0.29, 0.717) is 12.0 Å². The van der Waals surface area contributed by atoms with Gasteiger partial charge in [0.2, 0.25) is 0 Å². The van der Waals surface area contributed by atoms with Crippen LogP contribution < -0.4 is 4.90 Å². The van der Waals surface area contributed by atoms with Crippen molar-refractivity contribution in [2.45, 2.75) is 6.42 Å². The monoisotopic (exact) mass is 447 g/mol. The molecule has 168 valence electrons. The van der Waals surface area contributed by atoms with Crippen LogP contribution in [-0.2, 0) is 6.42 Å². The lowest BCUT2D eigenvalue weighted by molar-refractivity contribution is 0.0696. The van der Waals surface area contributed by atoms with Crippen LogP contribution in [-0.4, -0.2) is 24.0 Å². The SMILES string of the molecule is CN(C(=O)c1ccc(Cc2ccc(C(=O)O)cc2)cc1)c1ccc(/C=C/c2ccccc2)cc1. The predicted molar refractivity (Wildman–Crippen MR) is 137 cm³/mol. The summed E-state index contributed by atoms with van der Waals surface area (Å²) in [5.41, 5.74) is 5.98. The molecular weight excluding hydrogens is 422 g/mol. The van der Waals surface area contributed by atoms with Crippen molar-refractivity contribution in [3.05, 3.63) is 137 Å². The Bertz CT molecular complexity index is 1290. The van der Waals surface area contributed by atoms with E-state index < -0.39 is 5.97 Å². The number of rotatable bonds is 7. The van der Waals surface area contributed by atoms with E-state index in [1.54, 1.807) is 24.1 Å². The van der Waals surface area contributed by atoms with E-state index in [9.17, 15) is 9.59 Å². The molecule has 1 N–H and O–H groups in total. The highest BCUT2D eigenvalue weighted by Gasteiger charge is 2.13. The van der Waals surface area contributed by atoms with Crippen molar-refractivity contribution in [2.24, 2.45) is 0 Å². The first-order valence-electron chi connectivity index (χ1n) is 11.0. The molecule has 4 nitrogen and oxygen atoms in total. The van der Waals surface area contributed by atoms with Crippen LogP contribution >= 0.6 is 0 Å². The van der Waals surface area contributed by atoms with Crippen molar-refractivity contribution in [3.8, 4) is 0 Å². The first-order chi connectivity index (χ1) is 16.5. The summed E-state index contributed by atoms with van der Waals surface area (Å²) >= 11 is 0. The summed E-state index contributed by atoms with van der Waals surface area (Å²) in [5, 5.41) is 9.02. The molecule has 0 saturated carbocycles. The molecule has 0 unspecified atom stereocenters. The average molecular weight is 448 g/mol. The third-order valence-corrected chi connectivity index (χ3v) is 5.66. The van der Waals surface area contributed by atoms with Crippen molar-refractivity contribution in [2.75, 3.05) is 11.9 Å². The summed E-state index contributed by atoms with van der Waals surface area (Å²) in [5.74, 6) is -1.01. The molecule has 34 heavy (non-hydrogen) atoms. The number of carbonyl (C=O) groups excluding carboxylic acids is 1. The maximum absolute atomic E-state index is 13.0. The van der Waals surface area contributed by atoms with E-state index in [1.165, 1.54) is 0 Å². The van der Waals surface area contributed by atoms with E-state index in [4.69, 9.17) is 5.11 Å². The Balaban J connectivity index is 1.39. The fourth-order valence-electron chi connectivity index (χ4n) is 3.64. The van der Waals surface area contributed by atoms with Crippen LogP contribution in [0.3, 0.4) is 0 Å². The molecular formula is C30H25NO3. The molecule has 0 heterocycles. The van der Waals surface area contributed by atoms with Gasteiger partial charge in [0.1, 0.15) is 0 Å². The molecule has 0 fully saturated rings. The van der Waals surface area contributed by atoms with Gasteiger partial charge in [-0.25, -0.2) is 4.79 Å². The minimum atomic E-state index is -0.933. The largest absolute Gasteiger partial charge is 0.478 e. The standard InChI is InChI=1S/C30H25NO3/c1-31(28-19-13-23(14-20-28)8-7-22-5-3-2-4-6-22)29(32)26-15-9-24(10-16-26)21-25-11-17-27(18-12-25)30(33)34/h2-20H,21H2,1H3,(H,33,34)/b8-7+. The maximum Gasteiger partial charge on any atom is 0.335 e. The highest BCUT2D eigenvalue weighted by Crippen LogP contribution is 2.19. The van der Waals surface area contributed by atoms with Gasteiger partial charge in [0, 0.05) is 18.3 Å². The molecule has 0 atom stereocenters. The average Bonchev–Trinajstić information content (AvgIpc) is 2.88. The molecule has 0 saturated heterocycles. The lowest BCUT2D eigenvalue weighted by atomic mass is 10.0. The molecule has 0 aliphatic heterocycles. The van der Waals surface area contributed by atoms with Gasteiger partial charge in [0.25, 0.3) is 5.91 Å². The van der Waals surface area contributed by atoms with Crippen molar-refractivity contribution in [1.29, 1.82) is 0 Å². The molecule has 4 aromatic carbocycles. The number of carbonyl (C=O) groups is 2. The third kappa shape index (κ3) is 5.67. The Morgan fingerprint density at radius 2 is 1.18 bits per heavy atom. The van der Waals surface area contributed by atoms with Gasteiger partial charge in [-0.05, 0) is 65.1 Å². The lowest BCUT2D eigenvalue weighted by Crippen LogP contribution is -2.26. The summed E-state index contributed by atoms with van der Waals surface area (Å²) in [6.07, 6.45) is 4.78. The van der Waals surface area contributed by atoms with Crippen molar-refractivity contribution >= 4 is 29.7 Å². The summed E-state index contributed by atoms with van der Waals surface area (Å²) < 4.78 is 0. The first-order valence-corrected chi connectivity index (χ1v) is 11.0. The second-order valence-electron chi connectivity index (χ2n) is 8.08. The fourth-order valence-corrected chi connectivity index (χ4v) is 3.64. The molecule has 0 aliphatic carbocycles. The zero-order valence-electron chi connectivity index (χ0n) is 18.9. The Labute approximate surface area is 199 Å². The Morgan fingerprint density at radius 3 is 1.71 bits per heavy atom. The Kier molecular flexibility index (Phi) is 6.99. The van der Waals surface area contributed by atoms with Crippen LogP contribution in [0.2, 0.25) is 0 Å². The molecule has 4 heteroatoms. The quantitative estimate of drug-likeness (QED) is 0.333. The topological polar surface area (TPSA) is 57.6 Å². The molecule has 1 amide bonds. The number of hydrogen-bond donors (Lipinski definition) is 1. The highest BCUT2D eigenvalue weighted by atomic mass is 16.4. The number of carboxylic acids is 1. The van der Waals surface area contributed by atoms with Crippen LogP contribution in [0.1, 0.15) is 43.0 Å². The van der Waals surface area contributed by atoms with Gasteiger partial charge < -0.3 is 10.0 Å². The predicted octanol–water partition coefficient (Wildman–Crippen LogP) is 6.42. The lowest BCUT2D eigenvalue weighted by Gasteiger charge is -2.18. The van der Waals surface area contributed by atoms with Crippen molar-refractivity contribution in [3.63, 3.8) is 0 Å². The third-order valence-electron chi connectivity index (χ3n) is 5.66. The number of nitrogens with zero attached hydrogens (tertiary/aromatic N) is 1. The fraction of sp³-hybridized carbons (Fsp3) is 0.0667. The highest BCUT2D eigenvalue weighted by molar-refractivity contribution is 6.05. The molecule has 0 bridgehead atoms. The number of aromatic carboxylic acids is 1.